The number of halogens is 2. The Morgan fingerprint density at radius 2 is 2.14 bits per heavy atom. The molecule has 0 saturated carbocycles. The molecule has 0 saturated heterocycles. The van der Waals surface area contributed by atoms with E-state index in [-0.39, 0.29) is 0 Å². The minimum atomic E-state index is 0.969. The highest BCUT2D eigenvalue weighted by atomic mass is 127. The lowest BCUT2D eigenvalue weighted by Crippen LogP contribution is -1.83. The minimum absolute atomic E-state index is 0.969. The van der Waals surface area contributed by atoms with E-state index in [1.165, 1.54) is 5.56 Å². The molecule has 0 aliphatic heterocycles. The molecule has 0 spiro atoms. The van der Waals surface area contributed by atoms with Crippen LogP contribution in [0.5, 0.6) is 0 Å². The highest BCUT2D eigenvalue weighted by molar-refractivity contribution is 14.1. The Morgan fingerprint density at radius 3 is 2.79 bits per heavy atom. The average Bonchev–Trinajstić information content (AvgIpc) is 2.57. The summed E-state index contributed by atoms with van der Waals surface area (Å²) in [5, 5.41) is 9.11. The molecule has 0 aliphatic rings. The fraction of sp³-hybridized carbons (Fsp3) is 0.111. The van der Waals surface area contributed by atoms with Gasteiger partial charge in [0, 0.05) is 10.0 Å². The molecule has 0 N–H and O–H groups in total. The summed E-state index contributed by atoms with van der Waals surface area (Å²) < 4.78 is 2.08. The van der Waals surface area contributed by atoms with Crippen LogP contribution < -0.4 is 0 Å². The van der Waals surface area contributed by atoms with E-state index in [2.05, 4.69) is 61.7 Å². The van der Waals surface area contributed by atoms with Crippen LogP contribution in [0.3, 0.4) is 0 Å². The predicted molar refractivity (Wildman–Crippen MR) is 70.5 cm³/mol. The number of aromatic nitrogens is 2. The van der Waals surface area contributed by atoms with Crippen molar-refractivity contribution in [3.05, 3.63) is 31.2 Å². The summed E-state index contributed by atoms with van der Waals surface area (Å²) in [6.07, 6.45) is 0. The van der Waals surface area contributed by atoms with Gasteiger partial charge in [0.2, 0.25) is 0 Å². The molecule has 2 nitrogen and oxygen atoms in total. The largest absolute Gasteiger partial charge is 0.178 e. The predicted octanol–water partition coefficient (Wildman–Crippen LogP) is 3.88. The number of hydrogen-bond donors (Lipinski definition) is 0. The van der Waals surface area contributed by atoms with E-state index < -0.39 is 0 Å². The molecule has 1 aromatic heterocycles. The van der Waals surface area contributed by atoms with E-state index in [1.807, 2.05) is 12.1 Å². The fourth-order valence-corrected chi connectivity index (χ4v) is 2.91. The second-order valence-electron chi connectivity index (χ2n) is 2.77. The molecule has 0 unspecified atom stereocenters. The van der Waals surface area contributed by atoms with Crippen LogP contribution in [0.25, 0.3) is 10.6 Å². The van der Waals surface area contributed by atoms with Crippen LogP contribution >= 0.6 is 49.9 Å². The molecule has 0 radical (unpaired) electrons. The van der Waals surface area contributed by atoms with Gasteiger partial charge in [-0.1, -0.05) is 39.4 Å². The van der Waals surface area contributed by atoms with E-state index in [0.717, 1.165) is 18.1 Å². The van der Waals surface area contributed by atoms with Crippen molar-refractivity contribution >= 4 is 49.9 Å². The number of rotatable bonds is 1. The van der Waals surface area contributed by atoms with Crippen molar-refractivity contribution < 1.29 is 0 Å². The van der Waals surface area contributed by atoms with Crippen molar-refractivity contribution in [3.8, 4) is 10.6 Å². The van der Waals surface area contributed by atoms with Gasteiger partial charge in [-0.3, -0.25) is 0 Å². The first-order valence-electron chi connectivity index (χ1n) is 3.93. The molecular formula is C9H6BrIN2S. The van der Waals surface area contributed by atoms with Gasteiger partial charge in [0.15, 0.2) is 3.01 Å². The average molecular weight is 381 g/mol. The standard InChI is InChI=1S/C9H6BrIN2S/c1-5-6(3-2-4-7(5)10)8-12-13-9(11)14-8/h2-4H,1H3. The first kappa shape index (κ1) is 10.5. The molecule has 0 amide bonds. The van der Waals surface area contributed by atoms with Gasteiger partial charge >= 0.3 is 0 Å². The molecule has 2 aromatic rings. The summed E-state index contributed by atoms with van der Waals surface area (Å²) in [4.78, 5) is 0. The second-order valence-corrected chi connectivity index (χ2v) is 6.36. The van der Waals surface area contributed by atoms with Crippen LogP contribution in [-0.4, -0.2) is 10.2 Å². The monoisotopic (exact) mass is 380 g/mol. The molecule has 2 rings (SSSR count). The Hall–Kier alpha value is -0.0100. The van der Waals surface area contributed by atoms with Crippen LogP contribution in [0.15, 0.2) is 22.7 Å². The van der Waals surface area contributed by atoms with Crippen molar-refractivity contribution in [2.75, 3.05) is 0 Å². The van der Waals surface area contributed by atoms with Gasteiger partial charge in [-0.2, -0.15) is 0 Å². The van der Waals surface area contributed by atoms with Gasteiger partial charge in [-0.25, -0.2) is 0 Å². The van der Waals surface area contributed by atoms with Gasteiger partial charge in [0.1, 0.15) is 5.01 Å². The molecular weight excluding hydrogens is 375 g/mol. The minimum Gasteiger partial charge on any atom is -0.137 e. The normalized spacial score (nSPS) is 10.5. The summed E-state index contributed by atoms with van der Waals surface area (Å²) in [5.74, 6) is 0. The topological polar surface area (TPSA) is 25.8 Å². The zero-order valence-corrected chi connectivity index (χ0v) is 11.9. The van der Waals surface area contributed by atoms with E-state index in [1.54, 1.807) is 11.3 Å². The van der Waals surface area contributed by atoms with E-state index in [4.69, 9.17) is 0 Å². The third-order valence-electron chi connectivity index (χ3n) is 1.90. The third-order valence-corrected chi connectivity index (χ3v) is 4.38. The quantitative estimate of drug-likeness (QED) is 0.701. The Bertz CT molecular complexity index is 470. The first-order valence-corrected chi connectivity index (χ1v) is 6.62. The van der Waals surface area contributed by atoms with Crippen LogP contribution in [0.4, 0.5) is 0 Å². The third kappa shape index (κ3) is 1.99. The lowest BCUT2D eigenvalue weighted by Gasteiger charge is -2.02. The zero-order valence-electron chi connectivity index (χ0n) is 7.29. The van der Waals surface area contributed by atoms with Gasteiger partial charge < -0.3 is 0 Å². The Labute approximate surface area is 108 Å². The zero-order chi connectivity index (χ0) is 10.1. The summed E-state index contributed by atoms with van der Waals surface area (Å²) in [7, 11) is 0. The molecule has 1 aromatic carbocycles. The summed E-state index contributed by atoms with van der Waals surface area (Å²) in [6, 6.07) is 6.11. The van der Waals surface area contributed by atoms with Crippen molar-refractivity contribution in [3.63, 3.8) is 0 Å². The smallest absolute Gasteiger partial charge is 0.137 e. The Balaban J connectivity index is 2.57. The van der Waals surface area contributed by atoms with Crippen LogP contribution in [0.1, 0.15) is 5.56 Å². The first-order chi connectivity index (χ1) is 6.68. The Morgan fingerprint density at radius 1 is 1.36 bits per heavy atom. The number of benzene rings is 1. The highest BCUT2D eigenvalue weighted by Crippen LogP contribution is 2.30. The SMILES string of the molecule is Cc1c(Br)cccc1-c1nnc(I)s1. The maximum Gasteiger partial charge on any atom is 0.178 e. The van der Waals surface area contributed by atoms with Gasteiger partial charge in [-0.15, -0.1) is 10.2 Å². The van der Waals surface area contributed by atoms with Crippen molar-refractivity contribution in [1.82, 2.24) is 10.2 Å². The Kier molecular flexibility index (Phi) is 3.18. The lowest BCUT2D eigenvalue weighted by atomic mass is 10.1. The van der Waals surface area contributed by atoms with Crippen LogP contribution in [-0.2, 0) is 0 Å². The molecule has 5 heteroatoms. The van der Waals surface area contributed by atoms with Gasteiger partial charge in [-0.05, 0) is 41.1 Å². The van der Waals surface area contributed by atoms with Crippen molar-refractivity contribution in [1.29, 1.82) is 0 Å². The number of nitrogens with zero attached hydrogens (tertiary/aromatic N) is 2. The molecule has 0 atom stereocenters. The summed E-state index contributed by atoms with van der Waals surface area (Å²) >= 11 is 7.29. The number of hydrogen-bond acceptors (Lipinski definition) is 3. The molecule has 0 fully saturated rings. The van der Waals surface area contributed by atoms with Gasteiger partial charge in [0.05, 0.1) is 0 Å². The molecule has 72 valence electrons. The molecule has 1 heterocycles. The van der Waals surface area contributed by atoms with Crippen LogP contribution in [0.2, 0.25) is 0 Å². The molecule has 14 heavy (non-hydrogen) atoms. The lowest BCUT2D eigenvalue weighted by molar-refractivity contribution is 1.07. The molecule has 0 bridgehead atoms. The van der Waals surface area contributed by atoms with E-state index >= 15 is 0 Å². The highest BCUT2D eigenvalue weighted by Gasteiger charge is 2.08. The van der Waals surface area contributed by atoms with Crippen LogP contribution in [0, 0.1) is 9.94 Å². The summed E-state index contributed by atoms with van der Waals surface area (Å²) in [6.45, 7) is 2.08. The maximum absolute atomic E-state index is 4.13. The van der Waals surface area contributed by atoms with E-state index in [9.17, 15) is 0 Å². The van der Waals surface area contributed by atoms with Crippen molar-refractivity contribution in [2.24, 2.45) is 0 Å². The van der Waals surface area contributed by atoms with Gasteiger partial charge in [0.25, 0.3) is 0 Å². The molecule has 0 aliphatic carbocycles. The van der Waals surface area contributed by atoms with E-state index in [0.29, 0.717) is 0 Å². The fourth-order valence-electron chi connectivity index (χ4n) is 1.15. The van der Waals surface area contributed by atoms with Crippen molar-refractivity contribution in [2.45, 2.75) is 6.92 Å². The summed E-state index contributed by atoms with van der Waals surface area (Å²) in [5.41, 5.74) is 2.36. The maximum atomic E-state index is 4.13. The second kappa shape index (κ2) is 4.24.